The molecule has 1 atom stereocenters. The topological polar surface area (TPSA) is 59.0 Å². The molecule has 0 radical (unpaired) electrons. The first-order chi connectivity index (χ1) is 7.45. The van der Waals surface area contributed by atoms with Gasteiger partial charge in [-0.05, 0) is 32.8 Å². The van der Waals surface area contributed by atoms with Crippen LogP contribution >= 0.6 is 0 Å². The lowest BCUT2D eigenvalue weighted by atomic mass is 10.1. The van der Waals surface area contributed by atoms with Gasteiger partial charge in [0.2, 0.25) is 0 Å². The average Bonchev–Trinajstić information content (AvgIpc) is 2.45. The number of amides is 2. The summed E-state index contributed by atoms with van der Waals surface area (Å²) in [6.45, 7) is 6.03. The van der Waals surface area contributed by atoms with Crippen LogP contribution in [-0.2, 0) is 13.5 Å². The third-order valence-corrected chi connectivity index (χ3v) is 2.77. The van der Waals surface area contributed by atoms with Crippen molar-refractivity contribution in [3.63, 3.8) is 0 Å². The predicted molar refractivity (Wildman–Crippen MR) is 63.4 cm³/mol. The minimum absolute atomic E-state index is 0.0987. The van der Waals surface area contributed by atoms with Crippen molar-refractivity contribution in [3.05, 3.63) is 17.0 Å². The second-order valence-electron chi connectivity index (χ2n) is 4.10. The minimum atomic E-state index is -0.147. The minimum Gasteiger partial charge on any atom is -0.341 e. The number of rotatable bonds is 3. The fraction of sp³-hybridized carbons (Fsp3) is 0.636. The lowest BCUT2D eigenvalue weighted by Gasteiger charge is -2.13. The average molecular weight is 224 g/mol. The molecule has 5 nitrogen and oxygen atoms in total. The molecule has 0 saturated heterocycles. The van der Waals surface area contributed by atoms with E-state index >= 15 is 0 Å². The van der Waals surface area contributed by atoms with Gasteiger partial charge < -0.3 is 10.6 Å². The van der Waals surface area contributed by atoms with Crippen LogP contribution in [0.2, 0.25) is 0 Å². The van der Waals surface area contributed by atoms with Crippen molar-refractivity contribution >= 4 is 6.03 Å². The first kappa shape index (κ1) is 12.5. The lowest BCUT2D eigenvalue weighted by Crippen LogP contribution is -2.40. The molecular weight excluding hydrogens is 204 g/mol. The maximum Gasteiger partial charge on any atom is 0.314 e. The Kier molecular flexibility index (Phi) is 3.93. The quantitative estimate of drug-likeness (QED) is 0.801. The van der Waals surface area contributed by atoms with Crippen molar-refractivity contribution in [2.45, 2.75) is 33.2 Å². The zero-order valence-electron chi connectivity index (χ0n) is 10.6. The van der Waals surface area contributed by atoms with E-state index in [0.717, 1.165) is 17.8 Å². The summed E-state index contributed by atoms with van der Waals surface area (Å²) < 4.78 is 1.87. The molecule has 2 amide bonds. The molecule has 0 aliphatic heterocycles. The number of carbonyl (C=O) groups is 1. The van der Waals surface area contributed by atoms with Crippen molar-refractivity contribution in [2.24, 2.45) is 7.05 Å². The monoisotopic (exact) mass is 224 g/mol. The summed E-state index contributed by atoms with van der Waals surface area (Å²) in [5, 5.41) is 9.75. The van der Waals surface area contributed by atoms with Crippen LogP contribution in [0.25, 0.3) is 0 Å². The standard InChI is InChI=1S/C11H20N4O/c1-7(13-11(16)12-4)6-10-8(2)14-15(5)9(10)3/h7H,6H2,1-5H3,(H2,12,13,16). The van der Waals surface area contributed by atoms with Crippen molar-refractivity contribution in [2.75, 3.05) is 7.05 Å². The van der Waals surface area contributed by atoms with Gasteiger partial charge in [0.25, 0.3) is 0 Å². The van der Waals surface area contributed by atoms with Crippen LogP contribution in [0.3, 0.4) is 0 Å². The van der Waals surface area contributed by atoms with Gasteiger partial charge in [0.15, 0.2) is 0 Å². The molecule has 1 unspecified atom stereocenters. The number of urea groups is 1. The van der Waals surface area contributed by atoms with Gasteiger partial charge in [-0.15, -0.1) is 0 Å². The van der Waals surface area contributed by atoms with Gasteiger partial charge in [0.1, 0.15) is 0 Å². The summed E-state index contributed by atoms with van der Waals surface area (Å²) in [6.07, 6.45) is 0.804. The van der Waals surface area contributed by atoms with Crippen LogP contribution < -0.4 is 10.6 Å². The van der Waals surface area contributed by atoms with Crippen molar-refractivity contribution in [1.29, 1.82) is 0 Å². The van der Waals surface area contributed by atoms with E-state index in [1.807, 2.05) is 32.5 Å². The molecule has 1 aromatic heterocycles. The molecular formula is C11H20N4O. The maximum atomic E-state index is 11.1. The molecule has 0 aliphatic rings. The normalized spacial score (nSPS) is 12.3. The Hall–Kier alpha value is -1.52. The van der Waals surface area contributed by atoms with Gasteiger partial charge in [-0.1, -0.05) is 0 Å². The molecule has 0 aromatic carbocycles. The van der Waals surface area contributed by atoms with E-state index in [2.05, 4.69) is 15.7 Å². The highest BCUT2D eigenvalue weighted by molar-refractivity contribution is 5.73. The van der Waals surface area contributed by atoms with Crippen LogP contribution in [-0.4, -0.2) is 28.9 Å². The van der Waals surface area contributed by atoms with E-state index in [1.54, 1.807) is 7.05 Å². The number of aryl methyl sites for hydroxylation is 2. The second kappa shape index (κ2) is 5.01. The maximum absolute atomic E-state index is 11.1. The van der Waals surface area contributed by atoms with Crippen LogP contribution in [0.15, 0.2) is 0 Å². The first-order valence-corrected chi connectivity index (χ1v) is 5.43. The molecule has 90 valence electrons. The van der Waals surface area contributed by atoms with Crippen LogP contribution in [0.1, 0.15) is 23.9 Å². The van der Waals surface area contributed by atoms with E-state index in [9.17, 15) is 4.79 Å². The molecule has 0 spiro atoms. The van der Waals surface area contributed by atoms with E-state index in [-0.39, 0.29) is 12.1 Å². The summed E-state index contributed by atoms with van der Waals surface area (Å²) in [5.41, 5.74) is 3.40. The fourth-order valence-corrected chi connectivity index (χ4v) is 1.77. The molecule has 1 aromatic rings. The van der Waals surface area contributed by atoms with Gasteiger partial charge >= 0.3 is 6.03 Å². The number of nitrogens with one attached hydrogen (secondary N) is 2. The van der Waals surface area contributed by atoms with Gasteiger partial charge in [0, 0.05) is 25.8 Å². The fourth-order valence-electron chi connectivity index (χ4n) is 1.77. The first-order valence-electron chi connectivity index (χ1n) is 5.43. The van der Waals surface area contributed by atoms with E-state index in [4.69, 9.17) is 0 Å². The number of hydrogen-bond acceptors (Lipinski definition) is 2. The summed E-state index contributed by atoms with van der Waals surface area (Å²) >= 11 is 0. The Morgan fingerprint density at radius 3 is 2.56 bits per heavy atom. The Bertz CT molecular complexity index is 384. The highest BCUT2D eigenvalue weighted by Crippen LogP contribution is 2.13. The third kappa shape index (κ3) is 2.74. The summed E-state index contributed by atoms with van der Waals surface area (Å²) in [6, 6.07) is -0.0479. The van der Waals surface area contributed by atoms with Crippen LogP contribution in [0.5, 0.6) is 0 Å². The number of carbonyl (C=O) groups excluding carboxylic acids is 1. The van der Waals surface area contributed by atoms with Gasteiger partial charge in [-0.2, -0.15) is 5.10 Å². The second-order valence-corrected chi connectivity index (χ2v) is 4.10. The molecule has 1 rings (SSSR count). The smallest absolute Gasteiger partial charge is 0.314 e. The predicted octanol–water partition coefficient (Wildman–Crippen LogP) is 0.897. The van der Waals surface area contributed by atoms with E-state index in [0.29, 0.717) is 0 Å². The number of hydrogen-bond donors (Lipinski definition) is 2. The van der Waals surface area contributed by atoms with Crippen LogP contribution in [0.4, 0.5) is 4.79 Å². The molecule has 0 fully saturated rings. The molecule has 5 heteroatoms. The molecule has 1 heterocycles. The molecule has 0 aliphatic carbocycles. The Morgan fingerprint density at radius 1 is 1.50 bits per heavy atom. The van der Waals surface area contributed by atoms with Gasteiger partial charge in [0.05, 0.1) is 5.69 Å². The summed E-state index contributed by atoms with van der Waals surface area (Å²) in [4.78, 5) is 11.1. The Morgan fingerprint density at radius 2 is 2.12 bits per heavy atom. The summed E-state index contributed by atoms with van der Waals surface area (Å²) in [5.74, 6) is 0. The van der Waals surface area contributed by atoms with Crippen LogP contribution in [0, 0.1) is 13.8 Å². The van der Waals surface area contributed by atoms with Crippen molar-refractivity contribution in [3.8, 4) is 0 Å². The molecule has 0 saturated carbocycles. The SMILES string of the molecule is CNC(=O)NC(C)Cc1c(C)nn(C)c1C. The van der Waals surface area contributed by atoms with Gasteiger partial charge in [-0.25, -0.2) is 4.79 Å². The Labute approximate surface area is 96.2 Å². The number of aromatic nitrogens is 2. The molecule has 0 bridgehead atoms. The Balaban J connectivity index is 2.69. The van der Waals surface area contributed by atoms with Crippen molar-refractivity contribution in [1.82, 2.24) is 20.4 Å². The summed E-state index contributed by atoms with van der Waals surface area (Å²) in [7, 11) is 3.55. The van der Waals surface area contributed by atoms with Gasteiger partial charge in [-0.3, -0.25) is 4.68 Å². The highest BCUT2D eigenvalue weighted by Gasteiger charge is 2.13. The molecule has 2 N–H and O–H groups in total. The van der Waals surface area contributed by atoms with E-state index in [1.165, 1.54) is 5.56 Å². The largest absolute Gasteiger partial charge is 0.341 e. The third-order valence-electron chi connectivity index (χ3n) is 2.77. The number of nitrogens with zero attached hydrogens (tertiary/aromatic N) is 2. The highest BCUT2D eigenvalue weighted by atomic mass is 16.2. The van der Waals surface area contributed by atoms with E-state index < -0.39 is 0 Å². The molecule has 16 heavy (non-hydrogen) atoms. The zero-order chi connectivity index (χ0) is 12.3. The lowest BCUT2D eigenvalue weighted by molar-refractivity contribution is 0.239. The van der Waals surface area contributed by atoms with Crippen molar-refractivity contribution < 1.29 is 4.79 Å². The zero-order valence-corrected chi connectivity index (χ0v) is 10.6.